The molecule has 2 aromatic carbocycles. The van der Waals surface area contributed by atoms with Gasteiger partial charge in [-0.15, -0.1) is 0 Å². The monoisotopic (exact) mass is 432 g/mol. The first kappa shape index (κ1) is 21.6. The normalized spacial score (nSPS) is 20.6. The van der Waals surface area contributed by atoms with Gasteiger partial charge >= 0.3 is 0 Å². The molecule has 2 aliphatic rings. The number of allylic oxidation sites excluding steroid dienone is 2. The smallest absolute Gasteiger partial charge is 0.256 e. The molecular formula is C25H26N3O4-. The first-order chi connectivity index (χ1) is 15.5. The van der Waals surface area contributed by atoms with Crippen molar-refractivity contribution in [1.82, 2.24) is 4.90 Å². The molecule has 2 amide bonds. The molecular weight excluding hydrogens is 406 g/mol. The molecule has 1 N–H and O–H groups in total. The van der Waals surface area contributed by atoms with Gasteiger partial charge in [-0.05, 0) is 37.1 Å². The number of benzene rings is 2. The minimum Gasteiger partial charge on any atom is -0.550 e. The van der Waals surface area contributed by atoms with Crippen LogP contribution >= 0.6 is 0 Å². The van der Waals surface area contributed by atoms with Crippen LogP contribution in [0.5, 0.6) is 0 Å². The predicted octanol–water partition coefficient (Wildman–Crippen LogP) is 1.92. The standard InChI is InChI=1S/C25H27N3O4/c29-23(19-10-4-5-11-20(19)25(31)32)26-22-13-7-6-12-21(22)24(30)28-16-14-27(15-17-28)18-8-2-1-3-9-18/h1-9,12-13,19-20H,10-11,14-17H2,(H,26,29)(H,31,32)/p-1. The van der Waals surface area contributed by atoms with Crippen LogP contribution in [0.2, 0.25) is 0 Å². The largest absolute Gasteiger partial charge is 0.550 e. The number of carboxylic acid groups (broad SMARTS) is 1. The van der Waals surface area contributed by atoms with Crippen molar-refractivity contribution < 1.29 is 19.5 Å². The molecule has 166 valence electrons. The van der Waals surface area contributed by atoms with Crippen molar-refractivity contribution in [3.05, 3.63) is 72.3 Å². The number of hydrogen-bond donors (Lipinski definition) is 1. The van der Waals surface area contributed by atoms with E-state index in [1.807, 2.05) is 24.3 Å². The van der Waals surface area contributed by atoms with Gasteiger partial charge in [0, 0.05) is 43.8 Å². The fraction of sp³-hybridized carbons (Fsp3) is 0.320. The summed E-state index contributed by atoms with van der Waals surface area (Å²) in [6, 6.07) is 17.0. The van der Waals surface area contributed by atoms with E-state index in [0.29, 0.717) is 30.8 Å². The first-order valence-corrected chi connectivity index (χ1v) is 10.9. The number of piperazine rings is 1. The molecule has 1 aliphatic heterocycles. The Morgan fingerprint density at radius 2 is 1.44 bits per heavy atom. The number of carbonyl (C=O) groups is 3. The van der Waals surface area contributed by atoms with Crippen LogP contribution in [-0.2, 0) is 9.59 Å². The lowest BCUT2D eigenvalue weighted by Crippen LogP contribution is -2.49. The molecule has 1 heterocycles. The molecule has 1 saturated heterocycles. The van der Waals surface area contributed by atoms with Crippen molar-refractivity contribution in [2.24, 2.45) is 11.8 Å². The molecule has 4 rings (SSSR count). The summed E-state index contributed by atoms with van der Waals surface area (Å²) in [6.07, 6.45) is 4.18. The highest BCUT2D eigenvalue weighted by atomic mass is 16.4. The number of anilines is 2. The molecule has 2 atom stereocenters. The fourth-order valence-electron chi connectivity index (χ4n) is 4.35. The molecule has 0 saturated carbocycles. The predicted molar refractivity (Wildman–Crippen MR) is 120 cm³/mol. The lowest BCUT2D eigenvalue weighted by molar-refractivity contribution is -0.313. The molecule has 2 aromatic rings. The Hall–Kier alpha value is -3.61. The van der Waals surface area contributed by atoms with Crippen LogP contribution in [0.25, 0.3) is 0 Å². The summed E-state index contributed by atoms with van der Waals surface area (Å²) in [5, 5.41) is 14.2. The van der Waals surface area contributed by atoms with Crippen LogP contribution in [0.15, 0.2) is 66.7 Å². The van der Waals surface area contributed by atoms with Gasteiger partial charge in [0.2, 0.25) is 5.91 Å². The Kier molecular flexibility index (Phi) is 6.54. The Labute approximate surface area is 187 Å². The van der Waals surface area contributed by atoms with Crippen molar-refractivity contribution in [2.45, 2.75) is 12.8 Å². The Balaban J connectivity index is 1.44. The van der Waals surface area contributed by atoms with Crippen LogP contribution < -0.4 is 15.3 Å². The minimum absolute atomic E-state index is 0.145. The zero-order chi connectivity index (χ0) is 22.5. The Morgan fingerprint density at radius 3 is 2.12 bits per heavy atom. The van der Waals surface area contributed by atoms with E-state index in [1.165, 1.54) is 0 Å². The zero-order valence-corrected chi connectivity index (χ0v) is 17.8. The highest BCUT2D eigenvalue weighted by Gasteiger charge is 2.31. The maximum Gasteiger partial charge on any atom is 0.256 e. The number of carbonyl (C=O) groups excluding carboxylic acids is 3. The van der Waals surface area contributed by atoms with Gasteiger partial charge in [0.15, 0.2) is 0 Å². The van der Waals surface area contributed by atoms with Gasteiger partial charge in [0.05, 0.1) is 17.2 Å². The maximum atomic E-state index is 13.2. The van der Waals surface area contributed by atoms with E-state index >= 15 is 0 Å². The summed E-state index contributed by atoms with van der Waals surface area (Å²) >= 11 is 0. The second kappa shape index (κ2) is 9.68. The third-order valence-electron chi connectivity index (χ3n) is 6.18. The Bertz CT molecular complexity index is 1010. The van der Waals surface area contributed by atoms with Crippen molar-refractivity contribution in [3.63, 3.8) is 0 Å². The molecule has 7 nitrogen and oxygen atoms in total. The molecule has 0 spiro atoms. The quantitative estimate of drug-likeness (QED) is 0.729. The van der Waals surface area contributed by atoms with E-state index in [2.05, 4.69) is 22.3 Å². The van der Waals surface area contributed by atoms with Gasteiger partial charge in [-0.25, -0.2) is 0 Å². The number of amides is 2. The molecule has 1 fully saturated rings. The minimum atomic E-state index is -1.23. The number of nitrogens with one attached hydrogen (secondary N) is 1. The van der Waals surface area contributed by atoms with E-state index in [4.69, 9.17) is 0 Å². The summed E-state index contributed by atoms with van der Waals surface area (Å²) in [6.45, 7) is 2.62. The average molecular weight is 433 g/mol. The topological polar surface area (TPSA) is 92.8 Å². The number of nitrogens with zero attached hydrogens (tertiary/aromatic N) is 2. The van der Waals surface area contributed by atoms with Crippen molar-refractivity contribution in [2.75, 3.05) is 36.4 Å². The molecule has 0 radical (unpaired) electrons. The lowest BCUT2D eigenvalue weighted by Gasteiger charge is -2.36. The van der Waals surface area contributed by atoms with Gasteiger partial charge in [-0.2, -0.15) is 0 Å². The van der Waals surface area contributed by atoms with Gasteiger partial charge in [0.1, 0.15) is 0 Å². The van der Waals surface area contributed by atoms with E-state index in [0.717, 1.165) is 18.8 Å². The number of para-hydroxylation sites is 2. The van der Waals surface area contributed by atoms with E-state index < -0.39 is 23.7 Å². The van der Waals surface area contributed by atoms with Crippen LogP contribution in [0, 0.1) is 11.8 Å². The van der Waals surface area contributed by atoms with E-state index in [-0.39, 0.29) is 12.3 Å². The molecule has 1 aliphatic carbocycles. The molecule has 2 unspecified atom stereocenters. The fourth-order valence-corrected chi connectivity index (χ4v) is 4.35. The summed E-state index contributed by atoms with van der Waals surface area (Å²) in [4.78, 5) is 41.6. The van der Waals surface area contributed by atoms with Crippen LogP contribution in [-0.4, -0.2) is 48.9 Å². The third kappa shape index (κ3) is 4.66. The summed E-state index contributed by atoms with van der Waals surface area (Å²) in [5.74, 6) is -3.36. The van der Waals surface area contributed by atoms with Crippen LogP contribution in [0.3, 0.4) is 0 Å². The molecule has 32 heavy (non-hydrogen) atoms. The van der Waals surface area contributed by atoms with E-state index in [9.17, 15) is 19.5 Å². The maximum absolute atomic E-state index is 13.2. The van der Waals surface area contributed by atoms with Crippen molar-refractivity contribution >= 4 is 29.2 Å². The number of carboxylic acids is 1. The highest BCUT2D eigenvalue weighted by Crippen LogP contribution is 2.28. The average Bonchev–Trinajstić information content (AvgIpc) is 2.84. The summed E-state index contributed by atoms with van der Waals surface area (Å²) in [5.41, 5.74) is 1.95. The highest BCUT2D eigenvalue weighted by molar-refractivity contribution is 6.04. The number of rotatable bonds is 5. The van der Waals surface area contributed by atoms with Gasteiger partial charge in [-0.1, -0.05) is 42.5 Å². The number of hydrogen-bond acceptors (Lipinski definition) is 5. The third-order valence-corrected chi connectivity index (χ3v) is 6.18. The molecule has 7 heteroatoms. The van der Waals surface area contributed by atoms with Gasteiger partial charge in [-0.3, -0.25) is 9.59 Å². The van der Waals surface area contributed by atoms with Crippen LogP contribution in [0.4, 0.5) is 11.4 Å². The number of aliphatic carboxylic acids is 1. The second-order valence-electron chi connectivity index (χ2n) is 8.12. The van der Waals surface area contributed by atoms with Crippen molar-refractivity contribution in [1.29, 1.82) is 0 Å². The second-order valence-corrected chi connectivity index (χ2v) is 8.12. The summed E-state index contributed by atoms with van der Waals surface area (Å²) in [7, 11) is 0. The SMILES string of the molecule is O=C([O-])C1CC=CCC1C(=O)Nc1ccccc1C(=O)N1CCN(c2ccccc2)CC1. The van der Waals surface area contributed by atoms with Gasteiger partial charge < -0.3 is 25.0 Å². The Morgan fingerprint density at radius 1 is 0.812 bits per heavy atom. The zero-order valence-electron chi connectivity index (χ0n) is 17.8. The van der Waals surface area contributed by atoms with Gasteiger partial charge in [0.25, 0.3) is 5.91 Å². The molecule has 0 bridgehead atoms. The molecule has 0 aromatic heterocycles. The lowest BCUT2D eigenvalue weighted by atomic mass is 9.82. The van der Waals surface area contributed by atoms with Crippen LogP contribution in [0.1, 0.15) is 23.2 Å². The first-order valence-electron chi connectivity index (χ1n) is 10.9. The van der Waals surface area contributed by atoms with Crippen molar-refractivity contribution in [3.8, 4) is 0 Å². The van der Waals surface area contributed by atoms with E-state index in [1.54, 1.807) is 35.2 Å². The summed E-state index contributed by atoms with van der Waals surface area (Å²) < 4.78 is 0.